The Morgan fingerprint density at radius 1 is 1.47 bits per heavy atom. The number of aryl methyl sites for hydroxylation is 1. The first-order chi connectivity index (χ1) is 9.11. The Balaban J connectivity index is 2.39. The van der Waals surface area contributed by atoms with E-state index in [4.69, 9.17) is 11.6 Å². The maximum Gasteiger partial charge on any atom is 0.123 e. The van der Waals surface area contributed by atoms with E-state index in [-0.39, 0.29) is 11.9 Å². The Kier molecular flexibility index (Phi) is 4.56. The number of hydrogen-bond donors (Lipinski definition) is 1. The van der Waals surface area contributed by atoms with Gasteiger partial charge in [0.1, 0.15) is 5.82 Å². The van der Waals surface area contributed by atoms with Crippen LogP contribution in [0.4, 0.5) is 4.39 Å². The molecule has 3 nitrogen and oxygen atoms in total. The van der Waals surface area contributed by atoms with Gasteiger partial charge in [0.15, 0.2) is 0 Å². The van der Waals surface area contributed by atoms with E-state index in [0.717, 1.165) is 24.1 Å². The van der Waals surface area contributed by atoms with E-state index < -0.39 is 0 Å². The molecule has 0 aliphatic heterocycles. The maximum atomic E-state index is 13.4. The molecule has 1 N–H and O–H groups in total. The van der Waals surface area contributed by atoms with Crippen LogP contribution in [0.5, 0.6) is 0 Å². The summed E-state index contributed by atoms with van der Waals surface area (Å²) in [5, 5.41) is 8.10. The number of hydrogen-bond acceptors (Lipinski definition) is 2. The standard InChI is InChI=1S/C14H17ClFN3/c1-3-6-17-14(10-8-18-19(2)9-10)12-7-11(16)4-5-13(12)15/h4-5,7-9,14,17H,3,6H2,1-2H3. The van der Waals surface area contributed by atoms with Gasteiger partial charge in [-0.1, -0.05) is 18.5 Å². The number of nitrogens with zero attached hydrogens (tertiary/aromatic N) is 2. The number of aromatic nitrogens is 2. The number of benzene rings is 1. The number of rotatable bonds is 5. The quantitative estimate of drug-likeness (QED) is 0.911. The van der Waals surface area contributed by atoms with Crippen LogP contribution in [0.25, 0.3) is 0 Å². The molecule has 0 fully saturated rings. The summed E-state index contributed by atoms with van der Waals surface area (Å²) in [5.41, 5.74) is 1.71. The third kappa shape index (κ3) is 3.33. The second kappa shape index (κ2) is 6.17. The molecule has 0 saturated carbocycles. The first kappa shape index (κ1) is 14.0. The first-order valence-electron chi connectivity index (χ1n) is 6.28. The van der Waals surface area contributed by atoms with Gasteiger partial charge in [-0.25, -0.2) is 4.39 Å². The van der Waals surface area contributed by atoms with Crippen molar-refractivity contribution >= 4 is 11.6 Å². The van der Waals surface area contributed by atoms with Crippen molar-refractivity contribution in [2.45, 2.75) is 19.4 Å². The summed E-state index contributed by atoms with van der Waals surface area (Å²) in [6.45, 7) is 2.91. The zero-order chi connectivity index (χ0) is 13.8. The average Bonchev–Trinajstić information content (AvgIpc) is 2.80. The van der Waals surface area contributed by atoms with Gasteiger partial charge in [0.25, 0.3) is 0 Å². The molecule has 0 aliphatic carbocycles. The molecule has 1 aromatic carbocycles. The molecule has 0 aliphatic rings. The highest BCUT2D eigenvalue weighted by atomic mass is 35.5. The van der Waals surface area contributed by atoms with Gasteiger partial charge in [-0.05, 0) is 36.7 Å². The molecule has 0 radical (unpaired) electrons. The largest absolute Gasteiger partial charge is 0.306 e. The van der Waals surface area contributed by atoms with Crippen molar-refractivity contribution in [3.63, 3.8) is 0 Å². The summed E-state index contributed by atoms with van der Waals surface area (Å²) in [7, 11) is 1.85. The monoisotopic (exact) mass is 281 g/mol. The van der Waals surface area contributed by atoms with Crippen LogP contribution >= 0.6 is 11.6 Å². The zero-order valence-electron chi connectivity index (χ0n) is 11.0. The van der Waals surface area contributed by atoms with E-state index in [0.29, 0.717) is 5.02 Å². The van der Waals surface area contributed by atoms with Gasteiger partial charge in [-0.3, -0.25) is 4.68 Å². The molecule has 2 rings (SSSR count). The van der Waals surface area contributed by atoms with Crippen LogP contribution in [0.1, 0.15) is 30.5 Å². The Bertz CT molecular complexity index is 553. The topological polar surface area (TPSA) is 29.9 Å². The van der Waals surface area contributed by atoms with E-state index >= 15 is 0 Å². The molecule has 2 aromatic rings. The molecule has 0 bridgehead atoms. The lowest BCUT2D eigenvalue weighted by molar-refractivity contribution is 0.585. The Hall–Kier alpha value is -1.39. The maximum absolute atomic E-state index is 13.4. The van der Waals surface area contributed by atoms with Crippen LogP contribution in [-0.2, 0) is 7.05 Å². The molecule has 1 unspecified atom stereocenters. The second-order valence-corrected chi connectivity index (χ2v) is 4.91. The van der Waals surface area contributed by atoms with Crippen LogP contribution in [-0.4, -0.2) is 16.3 Å². The van der Waals surface area contributed by atoms with E-state index in [2.05, 4.69) is 17.3 Å². The molecular formula is C14H17ClFN3. The Morgan fingerprint density at radius 3 is 2.89 bits per heavy atom. The third-order valence-electron chi connectivity index (χ3n) is 2.93. The van der Waals surface area contributed by atoms with Gasteiger partial charge in [-0.15, -0.1) is 0 Å². The van der Waals surface area contributed by atoms with Crippen molar-refractivity contribution < 1.29 is 4.39 Å². The van der Waals surface area contributed by atoms with Crippen molar-refractivity contribution in [2.24, 2.45) is 7.05 Å². The molecular weight excluding hydrogens is 265 g/mol. The highest BCUT2D eigenvalue weighted by Gasteiger charge is 2.18. The van der Waals surface area contributed by atoms with Crippen molar-refractivity contribution in [1.82, 2.24) is 15.1 Å². The summed E-state index contributed by atoms with van der Waals surface area (Å²) >= 11 is 6.19. The van der Waals surface area contributed by atoms with Crippen molar-refractivity contribution in [3.05, 3.63) is 52.6 Å². The van der Waals surface area contributed by atoms with E-state index in [1.54, 1.807) is 16.9 Å². The normalized spacial score (nSPS) is 12.6. The minimum Gasteiger partial charge on any atom is -0.306 e. The number of nitrogens with one attached hydrogen (secondary N) is 1. The minimum absolute atomic E-state index is 0.142. The van der Waals surface area contributed by atoms with Gasteiger partial charge in [0, 0.05) is 23.8 Å². The summed E-state index contributed by atoms with van der Waals surface area (Å²) < 4.78 is 15.2. The summed E-state index contributed by atoms with van der Waals surface area (Å²) in [6.07, 6.45) is 4.67. The molecule has 19 heavy (non-hydrogen) atoms. The summed E-state index contributed by atoms with van der Waals surface area (Å²) in [4.78, 5) is 0. The number of halogens is 2. The predicted octanol–water partition coefficient (Wildman–Crippen LogP) is 3.30. The molecule has 102 valence electrons. The van der Waals surface area contributed by atoms with Crippen LogP contribution < -0.4 is 5.32 Å². The van der Waals surface area contributed by atoms with Crippen LogP contribution in [0.2, 0.25) is 5.02 Å². The lowest BCUT2D eigenvalue weighted by Crippen LogP contribution is -2.23. The van der Waals surface area contributed by atoms with E-state index in [1.165, 1.54) is 12.1 Å². The van der Waals surface area contributed by atoms with E-state index in [9.17, 15) is 4.39 Å². The fraction of sp³-hybridized carbons (Fsp3) is 0.357. The minimum atomic E-state index is -0.286. The van der Waals surface area contributed by atoms with Crippen molar-refractivity contribution in [1.29, 1.82) is 0 Å². The van der Waals surface area contributed by atoms with Gasteiger partial charge < -0.3 is 5.32 Å². The average molecular weight is 282 g/mol. The molecule has 5 heteroatoms. The highest BCUT2D eigenvalue weighted by molar-refractivity contribution is 6.31. The summed E-state index contributed by atoms with van der Waals surface area (Å²) in [6, 6.07) is 4.29. The Morgan fingerprint density at radius 2 is 2.26 bits per heavy atom. The fourth-order valence-corrected chi connectivity index (χ4v) is 2.25. The van der Waals surface area contributed by atoms with Crippen LogP contribution in [0, 0.1) is 5.82 Å². The van der Waals surface area contributed by atoms with Gasteiger partial charge >= 0.3 is 0 Å². The van der Waals surface area contributed by atoms with Gasteiger partial charge in [0.2, 0.25) is 0 Å². The zero-order valence-corrected chi connectivity index (χ0v) is 11.8. The second-order valence-electron chi connectivity index (χ2n) is 4.50. The molecule has 0 spiro atoms. The lowest BCUT2D eigenvalue weighted by atomic mass is 10.0. The third-order valence-corrected chi connectivity index (χ3v) is 3.27. The van der Waals surface area contributed by atoms with Crippen molar-refractivity contribution in [3.8, 4) is 0 Å². The summed E-state index contributed by atoms with van der Waals surface area (Å²) in [5.74, 6) is -0.286. The lowest BCUT2D eigenvalue weighted by Gasteiger charge is -2.19. The first-order valence-corrected chi connectivity index (χ1v) is 6.66. The molecule has 1 heterocycles. The predicted molar refractivity (Wildman–Crippen MR) is 74.8 cm³/mol. The van der Waals surface area contributed by atoms with Crippen molar-refractivity contribution in [2.75, 3.05) is 6.54 Å². The molecule has 0 amide bonds. The van der Waals surface area contributed by atoms with Crippen LogP contribution in [0.3, 0.4) is 0 Å². The van der Waals surface area contributed by atoms with Crippen LogP contribution in [0.15, 0.2) is 30.6 Å². The van der Waals surface area contributed by atoms with E-state index in [1.807, 2.05) is 13.2 Å². The highest BCUT2D eigenvalue weighted by Crippen LogP contribution is 2.28. The smallest absolute Gasteiger partial charge is 0.123 e. The molecule has 1 aromatic heterocycles. The SMILES string of the molecule is CCCNC(c1cnn(C)c1)c1cc(F)ccc1Cl. The van der Waals surface area contributed by atoms with Gasteiger partial charge in [0.05, 0.1) is 12.2 Å². The molecule has 1 atom stereocenters. The molecule has 0 saturated heterocycles. The Labute approximate surface area is 117 Å². The van der Waals surface area contributed by atoms with Gasteiger partial charge in [-0.2, -0.15) is 5.10 Å². The fourth-order valence-electron chi connectivity index (χ4n) is 2.02.